The Hall–Kier alpha value is -2.67. The zero-order valence-electron chi connectivity index (χ0n) is 14.1. The van der Waals surface area contributed by atoms with E-state index in [1.165, 1.54) is 41.7 Å². The fourth-order valence-electron chi connectivity index (χ4n) is 2.86. The summed E-state index contributed by atoms with van der Waals surface area (Å²) in [5.41, 5.74) is 0.954. The van der Waals surface area contributed by atoms with Gasteiger partial charge in [0.15, 0.2) is 0 Å². The number of rotatable bonds is 4. The molecule has 0 atom stereocenters. The van der Waals surface area contributed by atoms with Gasteiger partial charge >= 0.3 is 0 Å². The number of carbonyl (C=O) groups excluding carboxylic acids is 2. The van der Waals surface area contributed by atoms with E-state index >= 15 is 0 Å². The highest BCUT2D eigenvalue weighted by molar-refractivity contribution is 7.11. The van der Waals surface area contributed by atoms with Gasteiger partial charge in [0.1, 0.15) is 11.5 Å². The topological polar surface area (TPSA) is 49.4 Å². The minimum atomic E-state index is -0.559. The number of hydrogen-bond donors (Lipinski definition) is 1. The van der Waals surface area contributed by atoms with Gasteiger partial charge in [-0.3, -0.25) is 9.59 Å². The highest BCUT2D eigenvalue weighted by Crippen LogP contribution is 2.37. The van der Waals surface area contributed by atoms with E-state index in [1.54, 1.807) is 24.3 Å². The maximum Gasteiger partial charge on any atom is 0.282 e. The Labute approximate surface area is 173 Å². The lowest BCUT2D eigenvalue weighted by Crippen LogP contribution is -2.32. The summed E-state index contributed by atoms with van der Waals surface area (Å²) in [5.74, 6) is -1.51. The Bertz CT molecular complexity index is 1130. The molecule has 0 saturated heterocycles. The minimum absolute atomic E-state index is 0.0733. The Morgan fingerprint density at radius 1 is 0.929 bits per heavy atom. The van der Waals surface area contributed by atoms with Crippen molar-refractivity contribution in [2.24, 2.45) is 0 Å². The number of nitrogens with one attached hydrogen (secondary N) is 1. The molecular formula is C20H11Cl2FN2O2S. The van der Waals surface area contributed by atoms with E-state index in [4.69, 9.17) is 23.2 Å². The first-order valence-corrected chi connectivity index (χ1v) is 9.74. The van der Waals surface area contributed by atoms with E-state index in [0.29, 0.717) is 21.3 Å². The van der Waals surface area contributed by atoms with Gasteiger partial charge in [-0.25, -0.2) is 9.29 Å². The van der Waals surface area contributed by atoms with Crippen LogP contribution in [0.5, 0.6) is 0 Å². The largest absolute Gasteiger partial charge is 0.350 e. The van der Waals surface area contributed by atoms with Crippen molar-refractivity contribution in [3.05, 3.63) is 86.4 Å². The van der Waals surface area contributed by atoms with Crippen LogP contribution in [0.15, 0.2) is 65.7 Å². The summed E-state index contributed by atoms with van der Waals surface area (Å²) in [5, 5.41) is 5.25. The van der Waals surface area contributed by atoms with Crippen LogP contribution >= 0.6 is 34.5 Å². The third-order valence-corrected chi connectivity index (χ3v) is 5.73. The van der Waals surface area contributed by atoms with Crippen LogP contribution in [0.4, 0.5) is 15.8 Å². The van der Waals surface area contributed by atoms with Crippen LogP contribution in [0.1, 0.15) is 4.88 Å². The lowest BCUT2D eigenvalue weighted by atomic mass is 10.2. The molecule has 2 amide bonds. The van der Waals surface area contributed by atoms with Crippen molar-refractivity contribution >= 4 is 63.3 Å². The van der Waals surface area contributed by atoms with Gasteiger partial charge in [-0.1, -0.05) is 35.3 Å². The van der Waals surface area contributed by atoms with Crippen molar-refractivity contribution in [3.63, 3.8) is 0 Å². The van der Waals surface area contributed by atoms with E-state index in [0.717, 1.165) is 4.90 Å². The molecule has 0 aliphatic carbocycles. The number of thiophene rings is 1. The molecule has 0 spiro atoms. The molecule has 0 saturated carbocycles. The maximum absolute atomic E-state index is 13.6. The predicted octanol–water partition coefficient (Wildman–Crippen LogP) is 5.59. The van der Waals surface area contributed by atoms with E-state index in [-0.39, 0.29) is 16.3 Å². The first-order chi connectivity index (χ1) is 13.5. The van der Waals surface area contributed by atoms with Gasteiger partial charge in [-0.2, -0.15) is 0 Å². The minimum Gasteiger partial charge on any atom is -0.350 e. The highest BCUT2D eigenvalue weighted by Gasteiger charge is 2.40. The van der Waals surface area contributed by atoms with E-state index < -0.39 is 17.6 Å². The van der Waals surface area contributed by atoms with Gasteiger partial charge in [-0.15, -0.1) is 11.3 Å². The van der Waals surface area contributed by atoms with E-state index in [9.17, 15) is 14.0 Å². The molecule has 3 aromatic rings. The highest BCUT2D eigenvalue weighted by atomic mass is 35.5. The number of hydrogen-bond acceptors (Lipinski definition) is 4. The molecule has 8 heteroatoms. The Balaban J connectivity index is 1.80. The first-order valence-electron chi connectivity index (χ1n) is 8.10. The van der Waals surface area contributed by atoms with E-state index in [2.05, 4.69) is 5.32 Å². The van der Waals surface area contributed by atoms with Crippen LogP contribution in [0.3, 0.4) is 0 Å². The second-order valence-electron chi connectivity index (χ2n) is 5.91. The second kappa shape index (κ2) is 7.39. The first kappa shape index (κ1) is 18.7. The molecule has 2 aromatic carbocycles. The quantitative estimate of drug-likeness (QED) is 0.546. The molecule has 0 radical (unpaired) electrons. The van der Waals surface area contributed by atoms with Crippen molar-refractivity contribution < 1.29 is 14.0 Å². The number of carbonyl (C=O) groups is 2. The summed E-state index contributed by atoms with van der Waals surface area (Å²) >= 11 is 13.3. The normalized spacial score (nSPS) is 14.2. The summed E-state index contributed by atoms with van der Waals surface area (Å²) in [6.45, 7) is 0. The zero-order chi connectivity index (χ0) is 19.8. The van der Waals surface area contributed by atoms with Gasteiger partial charge in [0.2, 0.25) is 0 Å². The van der Waals surface area contributed by atoms with Crippen molar-refractivity contribution in [1.29, 1.82) is 0 Å². The standard InChI is InChI=1S/C20H11Cl2FN2O2S/c21-14-7-6-13(10-15(14)22)25-19(26)17(16-5-2-8-28-16)18(20(25)27)24-12-4-1-3-11(23)9-12/h1-10,24H. The Kier molecular flexibility index (Phi) is 4.93. The number of nitrogens with zero attached hydrogens (tertiary/aromatic N) is 1. The average molecular weight is 433 g/mol. The summed E-state index contributed by atoms with van der Waals surface area (Å²) in [6, 6.07) is 13.7. The molecule has 0 bridgehead atoms. The molecule has 4 rings (SSSR count). The fourth-order valence-corrected chi connectivity index (χ4v) is 3.92. The van der Waals surface area contributed by atoms with Gasteiger partial charge in [0.05, 0.1) is 21.3 Å². The van der Waals surface area contributed by atoms with Crippen LogP contribution in [0.25, 0.3) is 5.57 Å². The molecule has 0 unspecified atom stereocenters. The number of halogens is 3. The monoisotopic (exact) mass is 432 g/mol. The SMILES string of the molecule is O=C1C(Nc2cccc(F)c2)=C(c2cccs2)C(=O)N1c1ccc(Cl)c(Cl)c1. The van der Waals surface area contributed by atoms with E-state index in [1.807, 2.05) is 5.38 Å². The second-order valence-corrected chi connectivity index (χ2v) is 7.67. The summed E-state index contributed by atoms with van der Waals surface area (Å²) < 4.78 is 13.6. The predicted molar refractivity (Wildman–Crippen MR) is 110 cm³/mol. The molecule has 2 heterocycles. The lowest BCUT2D eigenvalue weighted by Gasteiger charge is -2.16. The van der Waals surface area contributed by atoms with Crippen molar-refractivity contribution in [3.8, 4) is 0 Å². The number of imide groups is 1. The molecule has 1 aliphatic rings. The van der Waals surface area contributed by atoms with Crippen LogP contribution in [-0.4, -0.2) is 11.8 Å². The number of benzene rings is 2. The van der Waals surface area contributed by atoms with Crippen LogP contribution in [0, 0.1) is 5.82 Å². The average Bonchev–Trinajstić information content (AvgIpc) is 3.25. The number of anilines is 2. The molecule has 1 aromatic heterocycles. The Morgan fingerprint density at radius 2 is 1.75 bits per heavy atom. The molecule has 28 heavy (non-hydrogen) atoms. The van der Waals surface area contributed by atoms with Gasteiger partial charge in [0, 0.05) is 10.6 Å². The van der Waals surface area contributed by atoms with Crippen LogP contribution < -0.4 is 10.2 Å². The van der Waals surface area contributed by atoms with Gasteiger partial charge < -0.3 is 5.32 Å². The number of amides is 2. The zero-order valence-corrected chi connectivity index (χ0v) is 16.4. The van der Waals surface area contributed by atoms with Gasteiger partial charge in [0.25, 0.3) is 11.8 Å². The van der Waals surface area contributed by atoms with Gasteiger partial charge in [-0.05, 0) is 47.8 Å². The summed E-state index contributed by atoms with van der Waals surface area (Å²) in [6.07, 6.45) is 0. The summed E-state index contributed by atoms with van der Waals surface area (Å²) in [7, 11) is 0. The van der Waals surface area contributed by atoms with Crippen molar-refractivity contribution in [2.75, 3.05) is 10.2 Å². The van der Waals surface area contributed by atoms with Crippen molar-refractivity contribution in [1.82, 2.24) is 0 Å². The smallest absolute Gasteiger partial charge is 0.282 e. The molecule has 1 aliphatic heterocycles. The Morgan fingerprint density at radius 3 is 2.43 bits per heavy atom. The van der Waals surface area contributed by atoms with Crippen LogP contribution in [0.2, 0.25) is 10.0 Å². The third-order valence-electron chi connectivity index (χ3n) is 4.11. The summed E-state index contributed by atoms with van der Waals surface area (Å²) in [4.78, 5) is 27.9. The third kappa shape index (κ3) is 3.30. The van der Waals surface area contributed by atoms with Crippen LogP contribution in [-0.2, 0) is 9.59 Å². The lowest BCUT2D eigenvalue weighted by molar-refractivity contribution is -0.120. The molecule has 0 fully saturated rings. The fraction of sp³-hybridized carbons (Fsp3) is 0. The molecule has 140 valence electrons. The molecule has 1 N–H and O–H groups in total. The van der Waals surface area contributed by atoms with Crippen molar-refractivity contribution in [2.45, 2.75) is 0 Å². The molecular weight excluding hydrogens is 422 g/mol. The molecule has 4 nitrogen and oxygen atoms in total. The maximum atomic E-state index is 13.6.